The third-order valence-corrected chi connectivity index (χ3v) is 1.24. The first-order chi connectivity index (χ1) is 5.25. The maximum atomic E-state index is 10.4. The fraction of sp³-hybridized carbons (Fsp3) is 0.286. The molecule has 0 radical (unpaired) electrons. The molecule has 0 atom stereocenters. The number of hydrogen-bond acceptors (Lipinski definition) is 3. The maximum absolute atomic E-state index is 10.4. The van der Waals surface area contributed by atoms with E-state index in [0.717, 1.165) is 0 Å². The Morgan fingerprint density at radius 1 is 1.82 bits per heavy atom. The topological polar surface area (TPSA) is 59.7 Å². The van der Waals surface area contributed by atoms with E-state index < -0.39 is 5.97 Å². The van der Waals surface area contributed by atoms with E-state index in [4.69, 9.17) is 14.3 Å². The van der Waals surface area contributed by atoms with Gasteiger partial charge in [0.1, 0.15) is 0 Å². The lowest BCUT2D eigenvalue weighted by molar-refractivity contribution is 0.0655. The van der Waals surface area contributed by atoms with Crippen molar-refractivity contribution < 1.29 is 19.1 Å². The molecule has 1 heterocycles. The summed E-state index contributed by atoms with van der Waals surface area (Å²) in [5, 5.41) is 8.53. The average molecular weight is 156 g/mol. The van der Waals surface area contributed by atoms with Gasteiger partial charge >= 0.3 is 5.97 Å². The van der Waals surface area contributed by atoms with Crippen LogP contribution in [-0.2, 0) is 11.3 Å². The van der Waals surface area contributed by atoms with Crippen LogP contribution in [-0.4, -0.2) is 18.2 Å². The van der Waals surface area contributed by atoms with Gasteiger partial charge in [-0.3, -0.25) is 0 Å². The monoisotopic (exact) mass is 156 g/mol. The van der Waals surface area contributed by atoms with Gasteiger partial charge in [-0.05, 0) is 6.07 Å². The fourth-order valence-corrected chi connectivity index (χ4v) is 0.792. The lowest BCUT2D eigenvalue weighted by Gasteiger charge is -1.94. The summed E-state index contributed by atoms with van der Waals surface area (Å²) >= 11 is 0. The van der Waals surface area contributed by atoms with Gasteiger partial charge in [-0.15, -0.1) is 0 Å². The molecule has 0 saturated carbocycles. The molecule has 0 unspecified atom stereocenters. The first kappa shape index (κ1) is 7.81. The van der Waals surface area contributed by atoms with E-state index in [9.17, 15) is 4.79 Å². The van der Waals surface area contributed by atoms with E-state index in [1.807, 2.05) is 0 Å². The first-order valence-electron chi connectivity index (χ1n) is 3.04. The summed E-state index contributed by atoms with van der Waals surface area (Å²) in [5.41, 5.74) is 0.556. The Morgan fingerprint density at radius 3 is 3.09 bits per heavy atom. The zero-order valence-corrected chi connectivity index (χ0v) is 6.03. The lowest BCUT2D eigenvalue weighted by Crippen LogP contribution is -1.99. The van der Waals surface area contributed by atoms with Gasteiger partial charge in [0.05, 0.1) is 12.9 Å². The van der Waals surface area contributed by atoms with Gasteiger partial charge in [-0.1, -0.05) is 0 Å². The third-order valence-electron chi connectivity index (χ3n) is 1.24. The standard InChI is InChI=1S/C7H8O4/c1-10-4-5-2-3-11-6(5)7(8)9/h2-3H,4H2,1H3,(H,8,9). The zero-order chi connectivity index (χ0) is 8.27. The summed E-state index contributed by atoms with van der Waals surface area (Å²) < 4.78 is 9.45. The van der Waals surface area contributed by atoms with Crippen LogP contribution in [0.3, 0.4) is 0 Å². The van der Waals surface area contributed by atoms with Crippen LogP contribution in [0.2, 0.25) is 0 Å². The van der Waals surface area contributed by atoms with E-state index in [-0.39, 0.29) is 12.4 Å². The van der Waals surface area contributed by atoms with Crippen molar-refractivity contribution in [1.82, 2.24) is 0 Å². The van der Waals surface area contributed by atoms with Gasteiger partial charge in [0.2, 0.25) is 5.76 Å². The highest BCUT2D eigenvalue weighted by molar-refractivity contribution is 5.85. The SMILES string of the molecule is COCc1ccoc1C(=O)O. The first-order valence-corrected chi connectivity index (χ1v) is 3.04. The second kappa shape index (κ2) is 3.21. The summed E-state index contributed by atoms with van der Waals surface area (Å²) in [4.78, 5) is 10.4. The van der Waals surface area contributed by atoms with Gasteiger partial charge in [-0.25, -0.2) is 4.79 Å². The molecule has 0 aliphatic heterocycles. The van der Waals surface area contributed by atoms with Crippen LogP contribution in [0.15, 0.2) is 16.7 Å². The van der Waals surface area contributed by atoms with Gasteiger partial charge < -0.3 is 14.3 Å². The van der Waals surface area contributed by atoms with E-state index in [2.05, 4.69) is 0 Å². The predicted molar refractivity (Wildman–Crippen MR) is 36.4 cm³/mol. The summed E-state index contributed by atoms with van der Waals surface area (Å²) in [7, 11) is 1.50. The quantitative estimate of drug-likeness (QED) is 0.712. The van der Waals surface area contributed by atoms with Crippen molar-refractivity contribution in [3.05, 3.63) is 23.7 Å². The van der Waals surface area contributed by atoms with Gasteiger partial charge in [0.25, 0.3) is 0 Å². The molecule has 1 aromatic rings. The molecule has 11 heavy (non-hydrogen) atoms. The molecule has 0 spiro atoms. The van der Waals surface area contributed by atoms with Crippen molar-refractivity contribution in [2.24, 2.45) is 0 Å². The van der Waals surface area contributed by atoms with Crippen LogP contribution < -0.4 is 0 Å². The van der Waals surface area contributed by atoms with E-state index in [0.29, 0.717) is 5.56 Å². The van der Waals surface area contributed by atoms with Crippen molar-refractivity contribution in [2.45, 2.75) is 6.61 Å². The number of aromatic carboxylic acids is 1. The number of methoxy groups -OCH3 is 1. The van der Waals surface area contributed by atoms with Crippen LogP contribution in [0.25, 0.3) is 0 Å². The highest BCUT2D eigenvalue weighted by atomic mass is 16.5. The molecule has 0 bridgehead atoms. The Balaban J connectivity index is 2.87. The van der Waals surface area contributed by atoms with Crippen molar-refractivity contribution in [3.63, 3.8) is 0 Å². The van der Waals surface area contributed by atoms with E-state index in [1.165, 1.54) is 13.4 Å². The Bertz CT molecular complexity index is 251. The van der Waals surface area contributed by atoms with Crippen LogP contribution in [0.5, 0.6) is 0 Å². The van der Waals surface area contributed by atoms with Gasteiger partial charge in [0.15, 0.2) is 0 Å². The molecular formula is C7H8O4. The Labute approximate surface area is 63.4 Å². The number of hydrogen-bond donors (Lipinski definition) is 1. The molecule has 1 aromatic heterocycles. The molecule has 1 rings (SSSR count). The van der Waals surface area contributed by atoms with Crippen LogP contribution in [0.1, 0.15) is 16.1 Å². The smallest absolute Gasteiger partial charge is 0.372 e. The predicted octanol–water partition coefficient (Wildman–Crippen LogP) is 1.12. The zero-order valence-electron chi connectivity index (χ0n) is 6.03. The molecule has 4 nitrogen and oxygen atoms in total. The maximum Gasteiger partial charge on any atom is 0.372 e. The largest absolute Gasteiger partial charge is 0.475 e. The number of ether oxygens (including phenoxy) is 1. The van der Waals surface area contributed by atoms with Crippen LogP contribution >= 0.6 is 0 Å². The molecule has 0 amide bonds. The second-order valence-corrected chi connectivity index (χ2v) is 2.01. The highest BCUT2D eigenvalue weighted by Gasteiger charge is 2.12. The van der Waals surface area contributed by atoms with Crippen molar-refractivity contribution in [3.8, 4) is 0 Å². The summed E-state index contributed by atoms with van der Waals surface area (Å²) in [6, 6.07) is 1.58. The van der Waals surface area contributed by atoms with Crippen molar-refractivity contribution >= 4 is 5.97 Å². The molecule has 0 aromatic carbocycles. The Kier molecular flexibility index (Phi) is 2.28. The van der Waals surface area contributed by atoms with Crippen molar-refractivity contribution in [2.75, 3.05) is 7.11 Å². The minimum atomic E-state index is -1.07. The third kappa shape index (κ3) is 1.59. The molecule has 1 N–H and O–H groups in total. The number of carboxylic acid groups (broad SMARTS) is 1. The summed E-state index contributed by atoms with van der Waals surface area (Å²) in [6.07, 6.45) is 1.33. The Hall–Kier alpha value is -1.29. The molecular weight excluding hydrogens is 148 g/mol. The summed E-state index contributed by atoms with van der Waals surface area (Å²) in [6.45, 7) is 0.262. The fourth-order valence-electron chi connectivity index (χ4n) is 0.792. The lowest BCUT2D eigenvalue weighted by atomic mass is 10.3. The van der Waals surface area contributed by atoms with E-state index in [1.54, 1.807) is 6.07 Å². The normalized spacial score (nSPS) is 9.91. The number of rotatable bonds is 3. The average Bonchev–Trinajstić information content (AvgIpc) is 2.36. The van der Waals surface area contributed by atoms with Gasteiger partial charge in [0, 0.05) is 12.7 Å². The number of furan rings is 1. The molecule has 0 aliphatic carbocycles. The molecule has 0 aliphatic rings. The molecule has 4 heteroatoms. The van der Waals surface area contributed by atoms with Crippen molar-refractivity contribution in [1.29, 1.82) is 0 Å². The minimum absolute atomic E-state index is 0.0492. The number of carbonyl (C=O) groups is 1. The van der Waals surface area contributed by atoms with E-state index >= 15 is 0 Å². The number of carboxylic acids is 1. The van der Waals surface area contributed by atoms with Crippen LogP contribution in [0.4, 0.5) is 0 Å². The second-order valence-electron chi connectivity index (χ2n) is 2.01. The van der Waals surface area contributed by atoms with Crippen LogP contribution in [0, 0.1) is 0 Å². The Morgan fingerprint density at radius 2 is 2.55 bits per heavy atom. The minimum Gasteiger partial charge on any atom is -0.475 e. The highest BCUT2D eigenvalue weighted by Crippen LogP contribution is 2.10. The molecule has 0 saturated heterocycles. The molecule has 0 fully saturated rings. The summed E-state index contributed by atoms with van der Waals surface area (Å²) in [5.74, 6) is -1.12. The molecule has 60 valence electrons. The van der Waals surface area contributed by atoms with Gasteiger partial charge in [-0.2, -0.15) is 0 Å².